The van der Waals surface area contributed by atoms with E-state index < -0.39 is 18.0 Å². The fraction of sp³-hybridized carbons (Fsp3) is 0.238. The van der Waals surface area contributed by atoms with Crippen LogP contribution in [-0.4, -0.2) is 63.5 Å². The van der Waals surface area contributed by atoms with Crippen LogP contribution in [0.25, 0.3) is 16.6 Å². The van der Waals surface area contributed by atoms with E-state index in [9.17, 15) is 14.7 Å². The van der Waals surface area contributed by atoms with E-state index in [0.717, 1.165) is 0 Å². The van der Waals surface area contributed by atoms with Gasteiger partial charge in [0.1, 0.15) is 5.15 Å². The van der Waals surface area contributed by atoms with Crippen molar-refractivity contribution in [3.8, 4) is 17.5 Å². The summed E-state index contributed by atoms with van der Waals surface area (Å²) in [6, 6.07) is 8.57. The lowest BCUT2D eigenvalue weighted by atomic mass is 10.2. The van der Waals surface area contributed by atoms with Gasteiger partial charge in [0, 0.05) is 31.4 Å². The van der Waals surface area contributed by atoms with Gasteiger partial charge in [-0.1, -0.05) is 29.5 Å². The number of ether oxygens (including phenoxy) is 1. The SMILES string of the molecule is CCN(C)C(=O)C(O)C#Cc1cccc(-n2nc(C(=O)OC)c3cnc(Cl)cc32)c1. The highest BCUT2D eigenvalue weighted by Gasteiger charge is 2.20. The Balaban J connectivity index is 2.02. The van der Waals surface area contributed by atoms with Crippen LogP contribution in [0.1, 0.15) is 23.0 Å². The van der Waals surface area contributed by atoms with Crippen molar-refractivity contribution in [3.63, 3.8) is 0 Å². The van der Waals surface area contributed by atoms with Gasteiger partial charge < -0.3 is 14.7 Å². The maximum atomic E-state index is 12.1. The summed E-state index contributed by atoms with van der Waals surface area (Å²) < 4.78 is 6.34. The van der Waals surface area contributed by atoms with Crippen LogP contribution in [0.15, 0.2) is 36.5 Å². The van der Waals surface area contributed by atoms with Crippen LogP contribution in [0.4, 0.5) is 0 Å². The van der Waals surface area contributed by atoms with Gasteiger partial charge in [0.2, 0.25) is 0 Å². The second-order valence-corrected chi connectivity index (χ2v) is 6.74. The number of aliphatic hydroxyl groups excluding tert-OH is 1. The number of hydrogen-bond donors (Lipinski definition) is 1. The molecule has 0 saturated carbocycles. The van der Waals surface area contributed by atoms with E-state index in [-0.39, 0.29) is 10.8 Å². The molecule has 0 aliphatic heterocycles. The number of halogens is 1. The molecule has 1 unspecified atom stereocenters. The minimum absolute atomic E-state index is 0.108. The molecule has 1 aromatic carbocycles. The molecule has 0 aliphatic carbocycles. The second-order valence-electron chi connectivity index (χ2n) is 6.35. The minimum atomic E-state index is -1.42. The van der Waals surface area contributed by atoms with Crippen molar-refractivity contribution in [2.45, 2.75) is 13.0 Å². The number of methoxy groups -OCH3 is 1. The zero-order chi connectivity index (χ0) is 21.8. The molecule has 0 spiro atoms. The number of rotatable bonds is 4. The fourth-order valence-electron chi connectivity index (χ4n) is 2.72. The van der Waals surface area contributed by atoms with E-state index >= 15 is 0 Å². The summed E-state index contributed by atoms with van der Waals surface area (Å²) in [5, 5.41) is 15.1. The van der Waals surface area contributed by atoms with Gasteiger partial charge in [-0.3, -0.25) is 4.79 Å². The molecular weight excluding hydrogens is 408 g/mol. The third-order valence-corrected chi connectivity index (χ3v) is 4.65. The number of aromatic nitrogens is 3. The Morgan fingerprint density at radius 3 is 2.83 bits per heavy atom. The molecule has 3 rings (SSSR count). The topological polar surface area (TPSA) is 97.6 Å². The number of amides is 1. The lowest BCUT2D eigenvalue weighted by Crippen LogP contribution is -2.35. The van der Waals surface area contributed by atoms with Gasteiger partial charge >= 0.3 is 5.97 Å². The molecular formula is C21H19ClN4O4. The number of carbonyl (C=O) groups excluding carboxylic acids is 2. The van der Waals surface area contributed by atoms with Crippen LogP contribution in [0.3, 0.4) is 0 Å². The van der Waals surface area contributed by atoms with Gasteiger partial charge in [0.05, 0.1) is 23.7 Å². The first-order chi connectivity index (χ1) is 14.3. The number of benzene rings is 1. The number of esters is 1. The van der Waals surface area contributed by atoms with Gasteiger partial charge in [-0.25, -0.2) is 14.5 Å². The van der Waals surface area contributed by atoms with Crippen molar-refractivity contribution in [2.75, 3.05) is 20.7 Å². The molecule has 1 N–H and O–H groups in total. The largest absolute Gasteiger partial charge is 0.464 e. The average molecular weight is 427 g/mol. The lowest BCUT2D eigenvalue weighted by molar-refractivity contribution is -0.135. The summed E-state index contributed by atoms with van der Waals surface area (Å²) in [7, 11) is 2.87. The zero-order valence-electron chi connectivity index (χ0n) is 16.6. The molecule has 0 radical (unpaired) electrons. The van der Waals surface area contributed by atoms with Crippen LogP contribution >= 0.6 is 11.6 Å². The van der Waals surface area contributed by atoms with Gasteiger partial charge in [-0.15, -0.1) is 0 Å². The Morgan fingerprint density at radius 1 is 1.37 bits per heavy atom. The van der Waals surface area contributed by atoms with Gasteiger partial charge in [0.25, 0.3) is 5.91 Å². The number of fused-ring (bicyclic) bond motifs is 1. The Kier molecular flexibility index (Phi) is 6.35. The molecule has 2 heterocycles. The van der Waals surface area contributed by atoms with E-state index in [2.05, 4.69) is 21.9 Å². The molecule has 0 aliphatic rings. The molecule has 154 valence electrons. The van der Waals surface area contributed by atoms with Crippen LogP contribution in [0.5, 0.6) is 0 Å². The maximum Gasteiger partial charge on any atom is 0.359 e. The van der Waals surface area contributed by atoms with Crippen molar-refractivity contribution in [3.05, 3.63) is 52.9 Å². The maximum absolute atomic E-state index is 12.1. The van der Waals surface area contributed by atoms with Gasteiger partial charge in [-0.05, 0) is 25.1 Å². The van der Waals surface area contributed by atoms with Crippen molar-refractivity contribution in [2.24, 2.45) is 0 Å². The number of nitrogens with zero attached hydrogens (tertiary/aromatic N) is 4. The third kappa shape index (κ3) is 4.27. The summed E-state index contributed by atoms with van der Waals surface area (Å²) in [6.45, 7) is 2.28. The fourth-order valence-corrected chi connectivity index (χ4v) is 2.88. The molecule has 1 atom stereocenters. The Labute approximate surface area is 178 Å². The second kappa shape index (κ2) is 8.95. The molecule has 8 nitrogen and oxygen atoms in total. The van der Waals surface area contributed by atoms with Crippen LogP contribution in [-0.2, 0) is 9.53 Å². The first-order valence-corrected chi connectivity index (χ1v) is 9.41. The molecule has 3 aromatic rings. The third-order valence-electron chi connectivity index (χ3n) is 4.44. The number of hydrogen-bond acceptors (Lipinski definition) is 6. The highest BCUT2D eigenvalue weighted by atomic mass is 35.5. The van der Waals surface area contributed by atoms with Crippen LogP contribution in [0, 0.1) is 11.8 Å². The average Bonchev–Trinajstić information content (AvgIpc) is 3.14. The quantitative estimate of drug-likeness (QED) is 0.389. The zero-order valence-corrected chi connectivity index (χ0v) is 17.3. The highest BCUT2D eigenvalue weighted by Crippen LogP contribution is 2.24. The number of pyridine rings is 1. The highest BCUT2D eigenvalue weighted by molar-refractivity contribution is 6.30. The summed E-state index contributed by atoms with van der Waals surface area (Å²) in [4.78, 5) is 29.5. The molecule has 0 fully saturated rings. The van der Waals surface area contributed by atoms with Gasteiger partial charge in [0.15, 0.2) is 11.8 Å². The predicted molar refractivity (Wildman–Crippen MR) is 111 cm³/mol. The first kappa shape index (κ1) is 21.3. The lowest BCUT2D eigenvalue weighted by Gasteiger charge is -2.15. The molecule has 0 saturated heterocycles. The predicted octanol–water partition coefficient (Wildman–Crippen LogP) is 2.05. The van der Waals surface area contributed by atoms with Crippen molar-refractivity contribution in [1.29, 1.82) is 0 Å². The molecule has 0 bridgehead atoms. The summed E-state index contributed by atoms with van der Waals surface area (Å²) in [6.07, 6.45) is 0.0449. The Hall–Kier alpha value is -3.41. The minimum Gasteiger partial charge on any atom is -0.464 e. The number of aliphatic hydroxyl groups is 1. The van der Waals surface area contributed by atoms with E-state index in [1.807, 2.05) is 0 Å². The monoisotopic (exact) mass is 426 g/mol. The van der Waals surface area contributed by atoms with E-state index in [1.165, 1.54) is 22.9 Å². The van der Waals surface area contributed by atoms with Crippen LogP contribution < -0.4 is 0 Å². The summed E-state index contributed by atoms with van der Waals surface area (Å²) in [5.41, 5.74) is 1.84. The van der Waals surface area contributed by atoms with Crippen molar-refractivity contribution >= 4 is 34.4 Å². The smallest absolute Gasteiger partial charge is 0.359 e. The number of likely N-dealkylation sites (N-methyl/N-ethyl adjacent to an activating group) is 1. The van der Waals surface area contributed by atoms with E-state index in [4.69, 9.17) is 16.3 Å². The van der Waals surface area contributed by atoms with Crippen molar-refractivity contribution in [1.82, 2.24) is 19.7 Å². The first-order valence-electron chi connectivity index (χ1n) is 9.03. The van der Waals surface area contributed by atoms with E-state index in [0.29, 0.717) is 28.7 Å². The van der Waals surface area contributed by atoms with Crippen LogP contribution in [0.2, 0.25) is 5.15 Å². The normalized spacial score (nSPS) is 11.5. The molecule has 30 heavy (non-hydrogen) atoms. The van der Waals surface area contributed by atoms with Crippen molar-refractivity contribution < 1.29 is 19.4 Å². The molecule has 1 amide bonds. The van der Waals surface area contributed by atoms with Gasteiger partial charge in [-0.2, -0.15) is 5.10 Å². The Bertz CT molecular complexity index is 1180. The number of carbonyl (C=O) groups is 2. The van der Waals surface area contributed by atoms with E-state index in [1.54, 1.807) is 44.3 Å². The summed E-state index contributed by atoms with van der Waals surface area (Å²) in [5.74, 6) is 4.28. The molecule has 9 heteroatoms. The Morgan fingerprint density at radius 2 is 2.13 bits per heavy atom. The standard InChI is InChI=1S/C21H19ClN4O4/c1-4-25(2)20(28)17(27)9-8-13-6-5-7-14(10-13)26-16-11-18(22)23-12-15(16)19(24-26)21(29)30-3/h5-7,10-12,17,27H,4H2,1-3H3. The molecule has 2 aromatic heterocycles. The summed E-state index contributed by atoms with van der Waals surface area (Å²) >= 11 is 6.03.